The molecule has 2 heterocycles. The first-order chi connectivity index (χ1) is 9.72. The summed E-state index contributed by atoms with van der Waals surface area (Å²) in [6.07, 6.45) is 2.03. The quantitative estimate of drug-likeness (QED) is 0.802. The molecule has 1 aromatic rings. The van der Waals surface area contributed by atoms with Gasteiger partial charge in [-0.25, -0.2) is 0 Å². The van der Waals surface area contributed by atoms with Gasteiger partial charge in [0.2, 0.25) is 11.2 Å². The summed E-state index contributed by atoms with van der Waals surface area (Å²) >= 11 is 5.94. The van der Waals surface area contributed by atoms with Gasteiger partial charge < -0.3 is 14.4 Å². The van der Waals surface area contributed by atoms with E-state index in [4.69, 9.17) is 21.1 Å². The Balaban J connectivity index is 1.99. The summed E-state index contributed by atoms with van der Waals surface area (Å²) in [6, 6.07) is 0.304. The highest BCUT2D eigenvalue weighted by molar-refractivity contribution is 6.28. The fraction of sp³-hybridized carbons (Fsp3) is 0.769. The minimum atomic E-state index is 0.170. The van der Waals surface area contributed by atoms with Crippen LogP contribution in [0.3, 0.4) is 0 Å². The van der Waals surface area contributed by atoms with Crippen molar-refractivity contribution in [2.24, 2.45) is 5.92 Å². The van der Waals surface area contributed by atoms with E-state index in [1.165, 1.54) is 0 Å². The molecule has 2 rings (SSSR count). The van der Waals surface area contributed by atoms with E-state index in [9.17, 15) is 0 Å². The molecule has 0 amide bonds. The lowest BCUT2D eigenvalue weighted by Crippen LogP contribution is -2.25. The number of anilines is 1. The van der Waals surface area contributed by atoms with Crippen molar-refractivity contribution in [3.8, 4) is 6.01 Å². The SMILES string of the molecule is CCN(CC)c1nc(Cl)nc(OCC2CCOCC2)n1. The molecule has 1 aliphatic rings. The van der Waals surface area contributed by atoms with Crippen LogP contribution in [-0.2, 0) is 4.74 Å². The Labute approximate surface area is 124 Å². The number of nitrogens with zero attached hydrogens (tertiary/aromatic N) is 4. The van der Waals surface area contributed by atoms with Crippen LogP contribution in [0.1, 0.15) is 26.7 Å². The van der Waals surface area contributed by atoms with Gasteiger partial charge >= 0.3 is 6.01 Å². The molecule has 0 radical (unpaired) electrons. The average Bonchev–Trinajstić information content (AvgIpc) is 2.47. The molecule has 0 bridgehead atoms. The van der Waals surface area contributed by atoms with E-state index in [1.54, 1.807) is 0 Å². The van der Waals surface area contributed by atoms with Crippen molar-refractivity contribution in [1.29, 1.82) is 0 Å². The van der Waals surface area contributed by atoms with Crippen LogP contribution >= 0.6 is 11.6 Å². The number of ether oxygens (including phenoxy) is 2. The summed E-state index contributed by atoms with van der Waals surface area (Å²) in [5.74, 6) is 1.06. The van der Waals surface area contributed by atoms with Crippen molar-refractivity contribution in [3.63, 3.8) is 0 Å². The normalized spacial score (nSPS) is 16.1. The van der Waals surface area contributed by atoms with Gasteiger partial charge in [-0.2, -0.15) is 15.0 Å². The maximum atomic E-state index is 5.94. The molecule has 1 aromatic heterocycles. The van der Waals surface area contributed by atoms with Gasteiger partial charge in [0.1, 0.15) is 0 Å². The summed E-state index contributed by atoms with van der Waals surface area (Å²) in [5.41, 5.74) is 0. The predicted octanol–water partition coefficient (Wildman–Crippen LogP) is 2.18. The van der Waals surface area contributed by atoms with Gasteiger partial charge in [0, 0.05) is 26.3 Å². The van der Waals surface area contributed by atoms with Crippen molar-refractivity contribution >= 4 is 17.5 Å². The summed E-state index contributed by atoms with van der Waals surface area (Å²) < 4.78 is 11.0. The molecule has 0 aliphatic carbocycles. The van der Waals surface area contributed by atoms with Gasteiger partial charge in [-0.15, -0.1) is 0 Å². The zero-order chi connectivity index (χ0) is 14.4. The van der Waals surface area contributed by atoms with Crippen LogP contribution in [0, 0.1) is 5.92 Å². The van der Waals surface area contributed by atoms with Crippen LogP contribution in [-0.4, -0.2) is 47.9 Å². The fourth-order valence-electron chi connectivity index (χ4n) is 2.14. The predicted molar refractivity (Wildman–Crippen MR) is 77.4 cm³/mol. The first-order valence-electron chi connectivity index (χ1n) is 7.10. The van der Waals surface area contributed by atoms with Gasteiger partial charge in [-0.05, 0) is 44.2 Å². The number of hydrogen-bond acceptors (Lipinski definition) is 6. The summed E-state index contributed by atoms with van der Waals surface area (Å²) in [4.78, 5) is 14.5. The highest BCUT2D eigenvalue weighted by Gasteiger charge is 2.16. The van der Waals surface area contributed by atoms with Gasteiger partial charge in [0.05, 0.1) is 6.61 Å². The van der Waals surface area contributed by atoms with E-state index >= 15 is 0 Å². The Morgan fingerprint density at radius 3 is 2.55 bits per heavy atom. The van der Waals surface area contributed by atoms with Gasteiger partial charge in [0.15, 0.2) is 0 Å². The molecule has 0 spiro atoms. The molecule has 0 N–H and O–H groups in total. The van der Waals surface area contributed by atoms with Crippen molar-refractivity contribution in [3.05, 3.63) is 5.28 Å². The number of hydrogen-bond donors (Lipinski definition) is 0. The molecule has 1 aliphatic heterocycles. The topological polar surface area (TPSA) is 60.4 Å². The lowest BCUT2D eigenvalue weighted by Gasteiger charge is -2.22. The number of aromatic nitrogens is 3. The second-order valence-corrected chi connectivity index (χ2v) is 5.06. The smallest absolute Gasteiger partial charge is 0.322 e. The molecule has 1 saturated heterocycles. The van der Waals surface area contributed by atoms with E-state index < -0.39 is 0 Å². The molecule has 0 unspecified atom stereocenters. The molecule has 20 heavy (non-hydrogen) atoms. The van der Waals surface area contributed by atoms with Gasteiger partial charge in [0.25, 0.3) is 0 Å². The molecular weight excluding hydrogens is 280 g/mol. The molecule has 7 heteroatoms. The summed E-state index contributed by atoms with van der Waals surface area (Å²) in [7, 11) is 0. The van der Waals surface area contributed by atoms with Gasteiger partial charge in [-0.3, -0.25) is 0 Å². The highest BCUT2D eigenvalue weighted by Crippen LogP contribution is 2.18. The summed E-state index contributed by atoms with van der Waals surface area (Å²) in [5, 5.41) is 0.170. The molecule has 1 fully saturated rings. The standard InChI is InChI=1S/C13H21ClN4O2/c1-3-18(4-2)12-15-11(14)16-13(17-12)20-9-10-5-7-19-8-6-10/h10H,3-9H2,1-2H3. The van der Waals surface area contributed by atoms with Crippen molar-refractivity contribution in [2.45, 2.75) is 26.7 Å². The highest BCUT2D eigenvalue weighted by atomic mass is 35.5. The van der Waals surface area contributed by atoms with E-state index in [-0.39, 0.29) is 5.28 Å². The molecule has 0 aromatic carbocycles. The Morgan fingerprint density at radius 2 is 1.90 bits per heavy atom. The van der Waals surface area contributed by atoms with E-state index in [2.05, 4.69) is 15.0 Å². The number of rotatable bonds is 6. The van der Waals surface area contributed by atoms with Crippen LogP contribution in [0.15, 0.2) is 0 Å². The van der Waals surface area contributed by atoms with Crippen molar-refractivity contribution < 1.29 is 9.47 Å². The Hall–Kier alpha value is -1.14. The Kier molecular flexibility index (Phi) is 5.79. The first kappa shape index (κ1) is 15.3. The Bertz CT molecular complexity index is 423. The third-order valence-electron chi connectivity index (χ3n) is 3.41. The Morgan fingerprint density at radius 1 is 1.20 bits per heavy atom. The van der Waals surface area contributed by atoms with E-state index in [0.717, 1.165) is 39.1 Å². The zero-order valence-corrected chi connectivity index (χ0v) is 12.8. The fourth-order valence-corrected chi connectivity index (χ4v) is 2.29. The number of halogens is 1. The third-order valence-corrected chi connectivity index (χ3v) is 3.58. The lowest BCUT2D eigenvalue weighted by atomic mass is 10.0. The van der Waals surface area contributed by atoms with Crippen LogP contribution < -0.4 is 9.64 Å². The lowest BCUT2D eigenvalue weighted by molar-refractivity contribution is 0.0482. The first-order valence-corrected chi connectivity index (χ1v) is 7.47. The maximum absolute atomic E-state index is 5.94. The maximum Gasteiger partial charge on any atom is 0.322 e. The molecule has 0 saturated carbocycles. The average molecular weight is 301 g/mol. The van der Waals surface area contributed by atoms with Crippen LogP contribution in [0.25, 0.3) is 0 Å². The summed E-state index contributed by atoms with van der Waals surface area (Å²) in [6.45, 7) is 7.93. The zero-order valence-electron chi connectivity index (χ0n) is 12.0. The van der Waals surface area contributed by atoms with Gasteiger partial charge in [-0.1, -0.05) is 0 Å². The van der Waals surface area contributed by atoms with Crippen LogP contribution in [0.4, 0.5) is 5.95 Å². The second kappa shape index (κ2) is 7.59. The van der Waals surface area contributed by atoms with E-state index in [1.807, 2.05) is 18.7 Å². The van der Waals surface area contributed by atoms with Crippen molar-refractivity contribution in [2.75, 3.05) is 37.8 Å². The van der Waals surface area contributed by atoms with Crippen LogP contribution in [0.2, 0.25) is 5.28 Å². The van der Waals surface area contributed by atoms with E-state index in [0.29, 0.717) is 24.5 Å². The molecule has 0 atom stereocenters. The molecule has 6 nitrogen and oxygen atoms in total. The largest absolute Gasteiger partial charge is 0.463 e. The minimum absolute atomic E-state index is 0.170. The minimum Gasteiger partial charge on any atom is -0.463 e. The molecular formula is C13H21ClN4O2. The second-order valence-electron chi connectivity index (χ2n) is 4.73. The third kappa shape index (κ3) is 4.18. The molecule has 112 valence electrons. The monoisotopic (exact) mass is 300 g/mol. The van der Waals surface area contributed by atoms with Crippen LogP contribution in [0.5, 0.6) is 6.01 Å². The van der Waals surface area contributed by atoms with Crippen molar-refractivity contribution in [1.82, 2.24) is 15.0 Å².